The van der Waals surface area contributed by atoms with Gasteiger partial charge in [0, 0.05) is 6.04 Å². The lowest BCUT2D eigenvalue weighted by Crippen LogP contribution is -2.48. The number of hydrogen-bond acceptors (Lipinski definition) is 2. The van der Waals surface area contributed by atoms with Gasteiger partial charge in [0.15, 0.2) is 0 Å². The van der Waals surface area contributed by atoms with Crippen LogP contribution in [-0.4, -0.2) is 20.0 Å². The molecule has 0 aliphatic heterocycles. The van der Waals surface area contributed by atoms with Crippen LogP contribution < -0.4 is 4.72 Å². The minimum absolute atomic E-state index is 0.137. The molecule has 0 radical (unpaired) electrons. The number of hydrogen-bond donors (Lipinski definition) is 1. The predicted octanol–water partition coefficient (Wildman–Crippen LogP) is 2.50. The van der Waals surface area contributed by atoms with Crippen molar-refractivity contribution in [3.8, 4) is 0 Å². The van der Waals surface area contributed by atoms with Gasteiger partial charge in [-0.2, -0.15) is 13.2 Å². The molecule has 0 aromatic rings. The smallest absolute Gasteiger partial charge is 0.204 e. The number of rotatable bonds is 2. The first kappa shape index (κ1) is 13.4. The summed E-state index contributed by atoms with van der Waals surface area (Å²) < 4.78 is 62.0. The van der Waals surface area contributed by atoms with Gasteiger partial charge in [-0.25, -0.2) is 13.1 Å². The van der Waals surface area contributed by atoms with E-state index in [4.69, 9.17) is 0 Å². The van der Waals surface area contributed by atoms with E-state index in [1.165, 1.54) is 19.3 Å². The zero-order chi connectivity index (χ0) is 14.3. The molecule has 0 saturated heterocycles. The summed E-state index contributed by atoms with van der Waals surface area (Å²) in [6.07, 6.45) is 5.21. The zero-order valence-corrected chi connectivity index (χ0v) is 11.8. The Morgan fingerprint density at radius 2 is 1.55 bits per heavy atom. The fourth-order valence-corrected chi connectivity index (χ4v) is 6.77. The number of nitrogens with one attached hydrogen (secondary N) is 1. The van der Waals surface area contributed by atoms with E-state index in [-0.39, 0.29) is 5.92 Å². The summed E-state index contributed by atoms with van der Waals surface area (Å²) >= 11 is 0. The number of alkyl halides is 3. The van der Waals surface area contributed by atoms with E-state index in [1.807, 2.05) is 4.72 Å². The molecule has 0 spiro atoms. The molecule has 20 heavy (non-hydrogen) atoms. The Balaban J connectivity index is 1.54. The van der Waals surface area contributed by atoms with Crippen molar-refractivity contribution in [3.05, 3.63) is 0 Å². The molecule has 0 amide bonds. The summed E-state index contributed by atoms with van der Waals surface area (Å²) in [4.78, 5) is 0. The monoisotopic (exact) mass is 309 g/mol. The van der Waals surface area contributed by atoms with Crippen LogP contribution >= 0.6 is 0 Å². The molecule has 4 fully saturated rings. The van der Waals surface area contributed by atoms with Gasteiger partial charge in [0.05, 0.1) is 0 Å². The molecule has 4 aliphatic rings. The standard InChI is InChI=1S/C13H18F3NO2S/c14-13(15,16)20(18,19)17-10-5-8-4-9(10)12-7-2-1-6(3-7)11(8)12/h6-12,17H,1-5H2. The predicted molar refractivity (Wildman–Crippen MR) is 65.9 cm³/mol. The minimum Gasteiger partial charge on any atom is -0.204 e. The molecular weight excluding hydrogens is 291 g/mol. The molecule has 3 nitrogen and oxygen atoms in total. The highest BCUT2D eigenvalue weighted by Gasteiger charge is 2.63. The number of halogens is 3. The molecule has 4 aliphatic carbocycles. The topological polar surface area (TPSA) is 46.2 Å². The average Bonchev–Trinajstić information content (AvgIpc) is 3.04. The molecular formula is C13H18F3NO2S. The van der Waals surface area contributed by atoms with E-state index in [1.54, 1.807) is 0 Å². The summed E-state index contributed by atoms with van der Waals surface area (Å²) in [5, 5.41) is 0. The van der Waals surface area contributed by atoms with Crippen LogP contribution in [0.15, 0.2) is 0 Å². The second kappa shape index (κ2) is 3.91. The van der Waals surface area contributed by atoms with Gasteiger partial charge in [0.25, 0.3) is 0 Å². The lowest BCUT2D eigenvalue weighted by Gasteiger charge is -2.38. The number of sulfonamides is 1. The summed E-state index contributed by atoms with van der Waals surface area (Å²) in [6, 6.07) is -0.493. The van der Waals surface area contributed by atoms with E-state index >= 15 is 0 Å². The van der Waals surface area contributed by atoms with Gasteiger partial charge in [-0.15, -0.1) is 0 Å². The summed E-state index contributed by atoms with van der Waals surface area (Å²) in [5.74, 6) is 3.14. The highest BCUT2D eigenvalue weighted by Crippen LogP contribution is 2.67. The maximum Gasteiger partial charge on any atom is 0.511 e. The third-order valence-corrected chi connectivity index (χ3v) is 7.57. The summed E-state index contributed by atoms with van der Waals surface area (Å²) in [5.41, 5.74) is -5.19. The van der Waals surface area contributed by atoms with Crippen LogP contribution in [0, 0.1) is 35.5 Å². The van der Waals surface area contributed by atoms with Crippen LogP contribution in [0.2, 0.25) is 0 Å². The Labute approximate surface area is 116 Å². The van der Waals surface area contributed by atoms with Crippen LogP contribution in [0.5, 0.6) is 0 Å². The molecule has 4 saturated carbocycles. The molecule has 4 bridgehead atoms. The first-order chi connectivity index (χ1) is 9.28. The van der Waals surface area contributed by atoms with Crippen molar-refractivity contribution >= 4 is 10.0 Å². The Morgan fingerprint density at radius 3 is 2.20 bits per heavy atom. The highest BCUT2D eigenvalue weighted by atomic mass is 32.2. The maximum absolute atomic E-state index is 12.5. The molecule has 7 heteroatoms. The zero-order valence-electron chi connectivity index (χ0n) is 10.9. The first-order valence-corrected chi connectivity index (χ1v) is 8.85. The Morgan fingerprint density at radius 1 is 0.900 bits per heavy atom. The lowest BCUT2D eigenvalue weighted by molar-refractivity contribution is -0.0455. The van der Waals surface area contributed by atoms with Gasteiger partial charge in [-0.3, -0.25) is 0 Å². The van der Waals surface area contributed by atoms with Crippen molar-refractivity contribution < 1.29 is 21.6 Å². The van der Waals surface area contributed by atoms with E-state index in [0.29, 0.717) is 30.1 Å². The van der Waals surface area contributed by atoms with Gasteiger partial charge in [-0.05, 0) is 67.6 Å². The summed E-state index contributed by atoms with van der Waals surface area (Å²) in [7, 11) is -5.20. The van der Waals surface area contributed by atoms with E-state index < -0.39 is 21.6 Å². The van der Waals surface area contributed by atoms with Gasteiger partial charge < -0.3 is 0 Å². The van der Waals surface area contributed by atoms with Gasteiger partial charge in [0.2, 0.25) is 0 Å². The second-order valence-corrected chi connectivity index (χ2v) is 8.76. The Bertz CT molecular complexity index is 532. The largest absolute Gasteiger partial charge is 0.511 e. The molecule has 0 heterocycles. The minimum atomic E-state index is -5.20. The van der Waals surface area contributed by atoms with Crippen molar-refractivity contribution in [2.75, 3.05) is 0 Å². The average molecular weight is 309 g/mol. The fourth-order valence-electron chi connectivity index (χ4n) is 5.97. The molecule has 4 rings (SSSR count). The van der Waals surface area contributed by atoms with Crippen molar-refractivity contribution in [1.29, 1.82) is 0 Å². The summed E-state index contributed by atoms with van der Waals surface area (Å²) in [6.45, 7) is 0. The van der Waals surface area contributed by atoms with Gasteiger partial charge >= 0.3 is 15.5 Å². The number of fused-ring (bicyclic) bond motifs is 9. The van der Waals surface area contributed by atoms with E-state index in [9.17, 15) is 21.6 Å². The third-order valence-electron chi connectivity index (χ3n) is 6.35. The molecule has 0 aromatic carbocycles. The third kappa shape index (κ3) is 1.65. The van der Waals surface area contributed by atoms with Crippen LogP contribution in [0.4, 0.5) is 13.2 Å². The Kier molecular flexibility index (Phi) is 2.61. The van der Waals surface area contributed by atoms with E-state index in [0.717, 1.165) is 12.3 Å². The lowest BCUT2D eigenvalue weighted by atomic mass is 9.69. The van der Waals surface area contributed by atoms with Crippen molar-refractivity contribution in [3.63, 3.8) is 0 Å². The van der Waals surface area contributed by atoms with Crippen LogP contribution in [0.3, 0.4) is 0 Å². The first-order valence-electron chi connectivity index (χ1n) is 7.36. The van der Waals surface area contributed by atoms with Crippen molar-refractivity contribution in [1.82, 2.24) is 4.72 Å². The van der Waals surface area contributed by atoms with Crippen molar-refractivity contribution in [2.45, 2.75) is 43.7 Å². The maximum atomic E-state index is 12.5. The van der Waals surface area contributed by atoms with Crippen LogP contribution in [0.25, 0.3) is 0 Å². The van der Waals surface area contributed by atoms with Gasteiger partial charge in [0.1, 0.15) is 0 Å². The molecule has 1 N–H and O–H groups in total. The highest BCUT2D eigenvalue weighted by molar-refractivity contribution is 7.90. The SMILES string of the molecule is O=S(=O)(NC1CC2CC1C1C3CCC(C3)C21)C(F)(F)F. The Hall–Kier alpha value is -0.300. The van der Waals surface area contributed by atoms with Crippen LogP contribution in [0.1, 0.15) is 32.1 Å². The molecule has 7 atom stereocenters. The molecule has 7 unspecified atom stereocenters. The normalized spacial score (nSPS) is 49.9. The molecule has 114 valence electrons. The second-order valence-electron chi connectivity index (χ2n) is 7.06. The molecule has 0 aromatic heterocycles. The van der Waals surface area contributed by atoms with Gasteiger partial charge in [-0.1, -0.05) is 0 Å². The quantitative estimate of drug-likeness (QED) is 0.797. The van der Waals surface area contributed by atoms with Crippen LogP contribution in [-0.2, 0) is 10.0 Å². The van der Waals surface area contributed by atoms with Crippen molar-refractivity contribution in [2.24, 2.45) is 35.5 Å². The fraction of sp³-hybridized carbons (Fsp3) is 1.00. The van der Waals surface area contributed by atoms with E-state index in [2.05, 4.69) is 0 Å².